The quantitative estimate of drug-likeness (QED) is 0.649. The van der Waals surface area contributed by atoms with E-state index < -0.39 is 0 Å². The Hall–Kier alpha value is -2.92. The first-order valence-corrected chi connectivity index (χ1v) is 12.3. The van der Waals surface area contributed by atoms with E-state index in [0.29, 0.717) is 32.5 Å². The van der Waals surface area contributed by atoms with Gasteiger partial charge in [0.2, 0.25) is 11.8 Å². The van der Waals surface area contributed by atoms with Gasteiger partial charge in [-0.25, -0.2) is 0 Å². The molecule has 0 aromatic heterocycles. The van der Waals surface area contributed by atoms with Crippen LogP contribution in [-0.4, -0.2) is 47.8 Å². The summed E-state index contributed by atoms with van der Waals surface area (Å²) in [5, 5.41) is 3.16. The highest BCUT2D eigenvalue weighted by atomic mass is 16.2. The summed E-state index contributed by atoms with van der Waals surface area (Å²) in [6, 6.07) is 18.3. The summed E-state index contributed by atoms with van der Waals surface area (Å²) in [5.74, 6) is 0.0977. The standard InChI is InChI=1S/C28H35N3O2/c32-27(14-13-23-9-3-1-4-10-23)31-19-15-24(16-20-31)28(33)29-21-25-11-5-6-12-26(25)22-30-17-7-2-8-18-30/h1,3-6,9-14,24H,2,7-8,15-22H2,(H,29,33)/b14-13+. The van der Waals surface area contributed by atoms with E-state index in [9.17, 15) is 9.59 Å². The zero-order valence-corrected chi connectivity index (χ0v) is 19.4. The van der Waals surface area contributed by atoms with E-state index in [0.717, 1.165) is 12.1 Å². The van der Waals surface area contributed by atoms with Gasteiger partial charge in [-0.15, -0.1) is 0 Å². The topological polar surface area (TPSA) is 52.7 Å². The Labute approximate surface area is 197 Å². The molecular formula is C28H35N3O2. The van der Waals surface area contributed by atoms with Gasteiger partial charge in [0.1, 0.15) is 0 Å². The predicted molar refractivity (Wildman–Crippen MR) is 132 cm³/mol. The molecule has 0 aliphatic carbocycles. The van der Waals surface area contributed by atoms with Crippen LogP contribution in [0.2, 0.25) is 0 Å². The van der Waals surface area contributed by atoms with Crippen molar-refractivity contribution in [3.05, 3.63) is 77.4 Å². The maximum Gasteiger partial charge on any atom is 0.246 e. The van der Waals surface area contributed by atoms with Crippen molar-refractivity contribution in [2.24, 2.45) is 5.92 Å². The molecule has 0 saturated carbocycles. The van der Waals surface area contributed by atoms with E-state index in [2.05, 4.69) is 28.4 Å². The molecule has 174 valence electrons. The SMILES string of the molecule is O=C(NCc1ccccc1CN1CCCCC1)C1CCN(C(=O)/C=C/c2ccccc2)CC1. The summed E-state index contributed by atoms with van der Waals surface area (Å²) >= 11 is 0. The smallest absolute Gasteiger partial charge is 0.246 e. The van der Waals surface area contributed by atoms with Crippen LogP contribution in [0.1, 0.15) is 48.8 Å². The summed E-state index contributed by atoms with van der Waals surface area (Å²) in [7, 11) is 0. The number of nitrogens with zero attached hydrogens (tertiary/aromatic N) is 2. The Balaban J connectivity index is 1.23. The van der Waals surface area contributed by atoms with Crippen molar-refractivity contribution >= 4 is 17.9 Å². The van der Waals surface area contributed by atoms with Gasteiger partial charge < -0.3 is 10.2 Å². The van der Waals surface area contributed by atoms with Gasteiger partial charge >= 0.3 is 0 Å². The number of likely N-dealkylation sites (tertiary alicyclic amines) is 2. The largest absolute Gasteiger partial charge is 0.352 e. The number of hydrogen-bond acceptors (Lipinski definition) is 3. The van der Waals surface area contributed by atoms with Gasteiger partial charge in [-0.05, 0) is 61.5 Å². The van der Waals surface area contributed by atoms with Crippen LogP contribution in [0.5, 0.6) is 0 Å². The zero-order chi connectivity index (χ0) is 22.9. The highest BCUT2D eigenvalue weighted by Crippen LogP contribution is 2.20. The summed E-state index contributed by atoms with van der Waals surface area (Å²) in [4.78, 5) is 29.7. The minimum absolute atomic E-state index is 0.0179. The molecule has 4 rings (SSSR count). The second kappa shape index (κ2) is 11.8. The molecule has 2 aliphatic rings. The van der Waals surface area contributed by atoms with Gasteiger partial charge in [-0.2, -0.15) is 0 Å². The van der Waals surface area contributed by atoms with E-state index >= 15 is 0 Å². The molecule has 1 N–H and O–H groups in total. The van der Waals surface area contributed by atoms with Crippen molar-refractivity contribution in [1.82, 2.24) is 15.1 Å². The molecule has 2 saturated heterocycles. The number of benzene rings is 2. The van der Waals surface area contributed by atoms with Crippen molar-refractivity contribution in [3.63, 3.8) is 0 Å². The molecule has 33 heavy (non-hydrogen) atoms. The van der Waals surface area contributed by atoms with Gasteiger partial charge in [0.15, 0.2) is 0 Å². The number of piperidine rings is 2. The number of rotatable bonds is 7. The molecular weight excluding hydrogens is 410 g/mol. The third-order valence-electron chi connectivity index (χ3n) is 6.81. The minimum atomic E-state index is -0.0265. The van der Waals surface area contributed by atoms with Gasteiger partial charge in [0.25, 0.3) is 0 Å². The van der Waals surface area contributed by atoms with Gasteiger partial charge in [-0.3, -0.25) is 14.5 Å². The third kappa shape index (κ3) is 6.78. The highest BCUT2D eigenvalue weighted by molar-refractivity contribution is 5.92. The molecule has 5 nitrogen and oxygen atoms in total. The van der Waals surface area contributed by atoms with Crippen LogP contribution >= 0.6 is 0 Å². The maximum absolute atomic E-state index is 12.8. The summed E-state index contributed by atoms with van der Waals surface area (Å²) < 4.78 is 0. The fourth-order valence-electron chi connectivity index (χ4n) is 4.77. The monoisotopic (exact) mass is 445 g/mol. The molecule has 0 atom stereocenters. The Morgan fingerprint density at radius 1 is 0.848 bits per heavy atom. The van der Waals surface area contributed by atoms with Crippen molar-refractivity contribution in [2.45, 2.75) is 45.2 Å². The van der Waals surface area contributed by atoms with Crippen molar-refractivity contribution in [1.29, 1.82) is 0 Å². The zero-order valence-electron chi connectivity index (χ0n) is 19.4. The van der Waals surface area contributed by atoms with Crippen LogP contribution in [-0.2, 0) is 22.7 Å². The first-order chi connectivity index (χ1) is 16.2. The van der Waals surface area contributed by atoms with E-state index in [1.165, 1.54) is 43.5 Å². The van der Waals surface area contributed by atoms with Crippen LogP contribution in [0.15, 0.2) is 60.7 Å². The van der Waals surface area contributed by atoms with Gasteiger partial charge in [0, 0.05) is 38.2 Å². The molecule has 2 fully saturated rings. The van der Waals surface area contributed by atoms with Gasteiger partial charge in [-0.1, -0.05) is 61.0 Å². The molecule has 0 spiro atoms. The lowest BCUT2D eigenvalue weighted by atomic mass is 9.95. The van der Waals surface area contributed by atoms with Crippen LogP contribution < -0.4 is 5.32 Å². The lowest BCUT2D eigenvalue weighted by molar-refractivity contribution is -0.132. The van der Waals surface area contributed by atoms with Gasteiger partial charge in [0.05, 0.1) is 0 Å². The van der Waals surface area contributed by atoms with E-state index in [1.807, 2.05) is 47.4 Å². The molecule has 5 heteroatoms. The number of carbonyl (C=O) groups excluding carboxylic acids is 2. The predicted octanol–water partition coefficient (Wildman–Crippen LogP) is 4.24. The van der Waals surface area contributed by atoms with E-state index in [-0.39, 0.29) is 17.7 Å². The molecule has 0 bridgehead atoms. The van der Waals surface area contributed by atoms with Crippen LogP contribution in [0.4, 0.5) is 0 Å². The lowest BCUT2D eigenvalue weighted by Gasteiger charge is -2.31. The van der Waals surface area contributed by atoms with Crippen LogP contribution in [0.3, 0.4) is 0 Å². The van der Waals surface area contributed by atoms with Crippen molar-refractivity contribution < 1.29 is 9.59 Å². The lowest BCUT2D eigenvalue weighted by Crippen LogP contribution is -2.42. The molecule has 2 aromatic rings. The fourth-order valence-corrected chi connectivity index (χ4v) is 4.77. The fraction of sp³-hybridized carbons (Fsp3) is 0.429. The Kier molecular flexibility index (Phi) is 8.31. The average Bonchev–Trinajstić information content (AvgIpc) is 2.88. The Bertz CT molecular complexity index is 943. The Morgan fingerprint density at radius 2 is 1.52 bits per heavy atom. The van der Waals surface area contributed by atoms with Crippen molar-refractivity contribution in [3.8, 4) is 0 Å². The maximum atomic E-state index is 12.8. The number of carbonyl (C=O) groups is 2. The number of amides is 2. The highest BCUT2D eigenvalue weighted by Gasteiger charge is 2.26. The molecule has 2 aromatic carbocycles. The Morgan fingerprint density at radius 3 is 2.24 bits per heavy atom. The van der Waals surface area contributed by atoms with Crippen LogP contribution in [0, 0.1) is 5.92 Å². The normalized spacial score (nSPS) is 17.9. The molecule has 0 radical (unpaired) electrons. The molecule has 0 unspecified atom stereocenters. The number of nitrogens with one attached hydrogen (secondary N) is 1. The average molecular weight is 446 g/mol. The molecule has 2 aliphatic heterocycles. The van der Waals surface area contributed by atoms with Crippen molar-refractivity contribution in [2.75, 3.05) is 26.2 Å². The minimum Gasteiger partial charge on any atom is -0.352 e. The summed E-state index contributed by atoms with van der Waals surface area (Å²) in [6.07, 6.45) is 8.81. The second-order valence-electron chi connectivity index (χ2n) is 9.17. The summed E-state index contributed by atoms with van der Waals surface area (Å²) in [5.41, 5.74) is 3.53. The summed E-state index contributed by atoms with van der Waals surface area (Å²) in [6.45, 7) is 5.12. The molecule has 2 heterocycles. The number of hydrogen-bond donors (Lipinski definition) is 1. The first kappa shape index (κ1) is 23.2. The van der Waals surface area contributed by atoms with Crippen LogP contribution in [0.25, 0.3) is 6.08 Å². The first-order valence-electron chi connectivity index (χ1n) is 12.3. The van der Waals surface area contributed by atoms with E-state index in [4.69, 9.17) is 0 Å². The second-order valence-corrected chi connectivity index (χ2v) is 9.17. The third-order valence-corrected chi connectivity index (χ3v) is 6.81. The molecule has 2 amide bonds. The van der Waals surface area contributed by atoms with E-state index in [1.54, 1.807) is 6.08 Å².